The minimum absolute atomic E-state index is 0.153. The van der Waals surface area contributed by atoms with E-state index in [4.69, 9.17) is 0 Å². The van der Waals surface area contributed by atoms with Crippen LogP contribution >= 0.6 is 0 Å². The van der Waals surface area contributed by atoms with Gasteiger partial charge in [0, 0.05) is 14.1 Å². The molecule has 0 radical (unpaired) electrons. The Labute approximate surface area is 64.2 Å². The van der Waals surface area contributed by atoms with Gasteiger partial charge in [-0.1, -0.05) is 6.58 Å². The molecular formula is C6H9N3O2. The number of hydrogen-bond acceptors (Lipinski definition) is 3. The maximum atomic E-state index is 10.9. The molecule has 0 unspecified atom stereocenters. The number of urea groups is 1. The Bertz CT molecular complexity index is 234. The molecule has 1 fully saturated rings. The van der Waals surface area contributed by atoms with Crippen LogP contribution in [0.3, 0.4) is 0 Å². The molecule has 0 aliphatic carbocycles. The van der Waals surface area contributed by atoms with Gasteiger partial charge in [-0.05, 0) is 0 Å². The van der Waals surface area contributed by atoms with Crippen molar-refractivity contribution in [2.45, 2.75) is 0 Å². The quantitative estimate of drug-likeness (QED) is 0.411. The summed E-state index contributed by atoms with van der Waals surface area (Å²) >= 11 is 0. The van der Waals surface area contributed by atoms with Crippen molar-refractivity contribution in [3.8, 4) is 0 Å². The third-order valence-electron chi connectivity index (χ3n) is 1.33. The fourth-order valence-electron chi connectivity index (χ4n) is 0.864. The van der Waals surface area contributed by atoms with E-state index in [-0.39, 0.29) is 5.70 Å². The highest BCUT2D eigenvalue weighted by Gasteiger charge is 2.32. The van der Waals surface area contributed by atoms with Crippen molar-refractivity contribution in [2.75, 3.05) is 14.1 Å². The molecule has 5 nitrogen and oxygen atoms in total. The lowest BCUT2D eigenvalue weighted by Crippen LogP contribution is -2.38. The highest BCUT2D eigenvalue weighted by molar-refractivity contribution is 6.10. The van der Waals surface area contributed by atoms with E-state index in [9.17, 15) is 9.59 Å². The number of nitrogens with one attached hydrogen (secondary N) is 1. The first kappa shape index (κ1) is 7.74. The number of carbonyl (C=O) groups excluding carboxylic acids is 2. The normalized spacial score (nSPS) is 18.1. The predicted molar refractivity (Wildman–Crippen MR) is 38.2 cm³/mol. The van der Waals surface area contributed by atoms with Crippen LogP contribution in [0.4, 0.5) is 4.79 Å². The molecule has 1 aliphatic rings. The van der Waals surface area contributed by atoms with Gasteiger partial charge in [-0.3, -0.25) is 10.1 Å². The van der Waals surface area contributed by atoms with Crippen LogP contribution in [-0.4, -0.2) is 36.1 Å². The number of imide groups is 1. The minimum Gasteiger partial charge on any atom is -0.271 e. The Balaban J connectivity index is 2.88. The van der Waals surface area contributed by atoms with Gasteiger partial charge in [0.2, 0.25) is 0 Å². The summed E-state index contributed by atoms with van der Waals surface area (Å²) in [5.74, 6) is -0.441. The van der Waals surface area contributed by atoms with Crippen molar-refractivity contribution in [3.63, 3.8) is 0 Å². The molecule has 3 amide bonds. The van der Waals surface area contributed by atoms with E-state index in [2.05, 4.69) is 11.9 Å². The average molecular weight is 155 g/mol. The summed E-state index contributed by atoms with van der Waals surface area (Å²) in [6.07, 6.45) is 0. The molecule has 1 heterocycles. The first-order chi connectivity index (χ1) is 5.04. The second-order valence-electron chi connectivity index (χ2n) is 2.36. The van der Waals surface area contributed by atoms with E-state index in [1.165, 1.54) is 10.0 Å². The summed E-state index contributed by atoms with van der Waals surface area (Å²) < 4.78 is 0. The molecule has 1 N–H and O–H groups in total. The lowest BCUT2D eigenvalue weighted by molar-refractivity contribution is -0.116. The smallest absolute Gasteiger partial charge is 0.271 e. The number of nitrogens with zero attached hydrogens (tertiary/aromatic N) is 2. The fraction of sp³-hybridized carbons (Fsp3) is 0.333. The van der Waals surface area contributed by atoms with Crippen molar-refractivity contribution < 1.29 is 9.59 Å². The molecule has 11 heavy (non-hydrogen) atoms. The summed E-state index contributed by atoms with van der Waals surface area (Å²) in [4.78, 5) is 21.7. The molecule has 0 aromatic rings. The molecular weight excluding hydrogens is 146 g/mol. The van der Waals surface area contributed by atoms with E-state index < -0.39 is 11.9 Å². The lowest BCUT2D eigenvalue weighted by atomic mass is 10.5. The second-order valence-corrected chi connectivity index (χ2v) is 2.36. The zero-order valence-electron chi connectivity index (χ0n) is 6.42. The van der Waals surface area contributed by atoms with E-state index in [1.54, 1.807) is 14.1 Å². The van der Waals surface area contributed by atoms with Gasteiger partial charge >= 0.3 is 6.03 Å². The molecule has 0 atom stereocenters. The van der Waals surface area contributed by atoms with Crippen LogP contribution in [0.25, 0.3) is 0 Å². The van der Waals surface area contributed by atoms with Gasteiger partial charge < -0.3 is 0 Å². The van der Waals surface area contributed by atoms with Crippen LogP contribution in [0.15, 0.2) is 12.3 Å². The summed E-state index contributed by atoms with van der Waals surface area (Å²) in [5, 5.41) is 4.76. The van der Waals surface area contributed by atoms with Gasteiger partial charge in [0.05, 0.1) is 0 Å². The van der Waals surface area contributed by atoms with Crippen LogP contribution in [0.2, 0.25) is 0 Å². The van der Waals surface area contributed by atoms with Crippen molar-refractivity contribution in [2.24, 2.45) is 0 Å². The van der Waals surface area contributed by atoms with Crippen molar-refractivity contribution in [1.82, 2.24) is 15.3 Å². The Morgan fingerprint density at radius 1 is 1.45 bits per heavy atom. The van der Waals surface area contributed by atoms with E-state index in [0.717, 1.165) is 0 Å². The van der Waals surface area contributed by atoms with Crippen molar-refractivity contribution in [1.29, 1.82) is 0 Å². The summed E-state index contributed by atoms with van der Waals surface area (Å²) in [6.45, 7) is 3.44. The van der Waals surface area contributed by atoms with Crippen molar-refractivity contribution in [3.05, 3.63) is 12.3 Å². The maximum Gasteiger partial charge on any atom is 0.343 e. The van der Waals surface area contributed by atoms with Crippen molar-refractivity contribution >= 4 is 11.9 Å². The van der Waals surface area contributed by atoms with Gasteiger partial charge in [0.15, 0.2) is 0 Å². The molecule has 0 saturated carbocycles. The highest BCUT2D eigenvalue weighted by atomic mass is 16.2. The lowest BCUT2D eigenvalue weighted by Gasteiger charge is -2.21. The third-order valence-corrected chi connectivity index (χ3v) is 1.33. The number of rotatable bonds is 1. The molecule has 0 aromatic heterocycles. The van der Waals surface area contributed by atoms with Crippen LogP contribution in [0.1, 0.15) is 0 Å². The SMILES string of the molecule is C=C1C(=O)NC(=O)N1N(C)C. The monoisotopic (exact) mass is 155 g/mol. The van der Waals surface area contributed by atoms with Gasteiger partial charge in [-0.2, -0.15) is 0 Å². The second kappa shape index (κ2) is 2.35. The van der Waals surface area contributed by atoms with Crippen LogP contribution in [0, 0.1) is 0 Å². The standard InChI is InChI=1S/C6H9N3O2/c1-4-5(10)7-6(11)9(4)8(2)3/h1H2,2-3H3,(H,7,10,11). The Hall–Kier alpha value is -1.36. The molecule has 1 aliphatic heterocycles. The van der Waals surface area contributed by atoms with Crippen LogP contribution in [-0.2, 0) is 4.79 Å². The minimum atomic E-state index is -0.454. The summed E-state index contributed by atoms with van der Waals surface area (Å²) in [5.41, 5.74) is 0.153. The largest absolute Gasteiger partial charge is 0.343 e. The van der Waals surface area contributed by atoms with E-state index >= 15 is 0 Å². The molecule has 5 heteroatoms. The topological polar surface area (TPSA) is 52.7 Å². The number of carbonyl (C=O) groups is 2. The average Bonchev–Trinajstić information content (AvgIpc) is 2.07. The third kappa shape index (κ3) is 1.10. The zero-order chi connectivity index (χ0) is 8.59. The first-order valence-corrected chi connectivity index (χ1v) is 3.05. The Kier molecular flexibility index (Phi) is 1.66. The van der Waals surface area contributed by atoms with E-state index in [1.807, 2.05) is 0 Å². The van der Waals surface area contributed by atoms with Crippen LogP contribution < -0.4 is 5.32 Å². The van der Waals surface area contributed by atoms with Gasteiger partial charge in [0.1, 0.15) is 5.70 Å². The molecule has 60 valence electrons. The zero-order valence-corrected chi connectivity index (χ0v) is 6.42. The summed E-state index contributed by atoms with van der Waals surface area (Å²) in [7, 11) is 3.31. The number of hydrazine groups is 1. The molecule has 1 saturated heterocycles. The maximum absolute atomic E-state index is 10.9. The van der Waals surface area contributed by atoms with Crippen LogP contribution in [0.5, 0.6) is 0 Å². The highest BCUT2D eigenvalue weighted by Crippen LogP contribution is 2.10. The summed E-state index contributed by atoms with van der Waals surface area (Å²) in [6, 6.07) is -0.454. The van der Waals surface area contributed by atoms with Gasteiger partial charge in [-0.15, -0.1) is 0 Å². The molecule has 0 spiro atoms. The first-order valence-electron chi connectivity index (χ1n) is 3.05. The predicted octanol–water partition coefficient (Wildman–Crippen LogP) is -0.472. The van der Waals surface area contributed by atoms with Gasteiger partial charge in [-0.25, -0.2) is 14.8 Å². The number of amides is 3. The van der Waals surface area contributed by atoms with E-state index in [0.29, 0.717) is 0 Å². The Morgan fingerprint density at radius 2 is 2.00 bits per heavy atom. The fourth-order valence-corrected chi connectivity index (χ4v) is 0.864. The Morgan fingerprint density at radius 3 is 2.18 bits per heavy atom. The molecule has 0 aromatic carbocycles. The van der Waals surface area contributed by atoms with Gasteiger partial charge in [0.25, 0.3) is 5.91 Å². The molecule has 0 bridgehead atoms. The molecule has 1 rings (SSSR count). The number of hydrogen-bond donors (Lipinski definition) is 1.